The summed E-state index contributed by atoms with van der Waals surface area (Å²) in [6.45, 7) is 4.05. The van der Waals surface area contributed by atoms with E-state index in [4.69, 9.17) is 15.9 Å². The Morgan fingerprint density at radius 2 is 2.07 bits per heavy atom. The highest BCUT2D eigenvalue weighted by atomic mass is 35.5. The van der Waals surface area contributed by atoms with Crippen molar-refractivity contribution in [1.29, 1.82) is 5.41 Å². The van der Waals surface area contributed by atoms with Gasteiger partial charge in [0.2, 0.25) is 0 Å². The predicted octanol–water partition coefficient (Wildman–Crippen LogP) is 2.57. The quantitative estimate of drug-likeness (QED) is 0.615. The first-order valence-electron chi connectivity index (χ1n) is 4.75. The molecule has 1 aromatic rings. The molecule has 15 heavy (non-hydrogen) atoms. The zero-order valence-corrected chi connectivity index (χ0v) is 9.80. The summed E-state index contributed by atoms with van der Waals surface area (Å²) in [5.41, 5.74) is 6.10. The molecule has 0 fully saturated rings. The van der Waals surface area contributed by atoms with E-state index in [1.54, 1.807) is 6.07 Å². The third-order valence-corrected chi connectivity index (χ3v) is 2.08. The van der Waals surface area contributed by atoms with Crippen LogP contribution in [0.5, 0.6) is 5.75 Å². The summed E-state index contributed by atoms with van der Waals surface area (Å²) in [4.78, 5) is 0. The van der Waals surface area contributed by atoms with E-state index in [0.29, 0.717) is 11.3 Å². The zero-order chi connectivity index (χ0) is 10.6. The van der Waals surface area contributed by atoms with Crippen LogP contribution in [0.2, 0.25) is 0 Å². The SMILES string of the molecule is CCC(C)Oc1ccccc1C(=N)N.Cl. The van der Waals surface area contributed by atoms with Gasteiger partial charge in [0.1, 0.15) is 11.6 Å². The van der Waals surface area contributed by atoms with Crippen LogP contribution >= 0.6 is 12.4 Å². The van der Waals surface area contributed by atoms with Gasteiger partial charge in [-0.3, -0.25) is 5.41 Å². The lowest BCUT2D eigenvalue weighted by Crippen LogP contribution is -2.16. The average molecular weight is 229 g/mol. The van der Waals surface area contributed by atoms with Crippen molar-refractivity contribution in [3.8, 4) is 5.75 Å². The van der Waals surface area contributed by atoms with Crippen molar-refractivity contribution < 1.29 is 4.74 Å². The molecule has 1 atom stereocenters. The number of nitrogens with one attached hydrogen (secondary N) is 1. The van der Waals surface area contributed by atoms with E-state index in [-0.39, 0.29) is 24.3 Å². The van der Waals surface area contributed by atoms with E-state index >= 15 is 0 Å². The monoisotopic (exact) mass is 228 g/mol. The van der Waals surface area contributed by atoms with Crippen molar-refractivity contribution in [3.63, 3.8) is 0 Å². The highest BCUT2D eigenvalue weighted by Crippen LogP contribution is 2.19. The molecule has 0 saturated heterocycles. The van der Waals surface area contributed by atoms with Crippen LogP contribution in [0.1, 0.15) is 25.8 Å². The second kappa shape index (κ2) is 6.30. The lowest BCUT2D eigenvalue weighted by Gasteiger charge is -2.15. The van der Waals surface area contributed by atoms with Crippen LogP contribution in [0.4, 0.5) is 0 Å². The Morgan fingerprint density at radius 1 is 1.47 bits per heavy atom. The predicted molar refractivity (Wildman–Crippen MR) is 65.1 cm³/mol. The molecular weight excluding hydrogens is 212 g/mol. The number of para-hydroxylation sites is 1. The Balaban J connectivity index is 0.00000196. The maximum absolute atomic E-state index is 7.38. The van der Waals surface area contributed by atoms with Crippen molar-refractivity contribution in [1.82, 2.24) is 0 Å². The van der Waals surface area contributed by atoms with Crippen LogP contribution in [0.15, 0.2) is 24.3 Å². The minimum Gasteiger partial charge on any atom is -0.490 e. The molecule has 84 valence electrons. The van der Waals surface area contributed by atoms with Crippen LogP contribution in [0, 0.1) is 5.41 Å². The average Bonchev–Trinajstić information content (AvgIpc) is 2.18. The topological polar surface area (TPSA) is 59.1 Å². The number of rotatable bonds is 4. The second-order valence-corrected chi connectivity index (χ2v) is 3.25. The summed E-state index contributed by atoms with van der Waals surface area (Å²) < 4.78 is 5.64. The van der Waals surface area contributed by atoms with Crippen LogP contribution in [-0.4, -0.2) is 11.9 Å². The summed E-state index contributed by atoms with van der Waals surface area (Å²) in [6.07, 6.45) is 1.09. The number of benzene rings is 1. The van der Waals surface area contributed by atoms with Gasteiger partial charge in [-0.25, -0.2) is 0 Å². The van der Waals surface area contributed by atoms with E-state index in [1.807, 2.05) is 25.1 Å². The number of amidine groups is 1. The van der Waals surface area contributed by atoms with Gasteiger partial charge in [-0.15, -0.1) is 12.4 Å². The van der Waals surface area contributed by atoms with E-state index in [9.17, 15) is 0 Å². The number of hydrogen-bond donors (Lipinski definition) is 2. The van der Waals surface area contributed by atoms with Gasteiger partial charge in [-0.05, 0) is 25.5 Å². The molecule has 0 saturated carbocycles. The first-order valence-corrected chi connectivity index (χ1v) is 4.75. The maximum Gasteiger partial charge on any atom is 0.130 e. The van der Waals surface area contributed by atoms with Crippen molar-refractivity contribution >= 4 is 18.2 Å². The summed E-state index contributed by atoms with van der Waals surface area (Å²) in [6, 6.07) is 7.35. The fraction of sp³-hybridized carbons (Fsp3) is 0.364. The Morgan fingerprint density at radius 3 is 2.60 bits per heavy atom. The molecule has 0 bridgehead atoms. The number of halogens is 1. The molecular formula is C11H17ClN2O. The minimum absolute atomic E-state index is 0. The zero-order valence-electron chi connectivity index (χ0n) is 8.99. The Bertz CT molecular complexity index is 328. The fourth-order valence-corrected chi connectivity index (χ4v) is 1.09. The third-order valence-electron chi connectivity index (χ3n) is 2.08. The van der Waals surface area contributed by atoms with Crippen LogP contribution in [0.3, 0.4) is 0 Å². The van der Waals surface area contributed by atoms with Crippen molar-refractivity contribution in [2.75, 3.05) is 0 Å². The molecule has 0 amide bonds. The van der Waals surface area contributed by atoms with Gasteiger partial charge in [0, 0.05) is 0 Å². The van der Waals surface area contributed by atoms with Gasteiger partial charge in [0.15, 0.2) is 0 Å². The Labute approximate surface area is 96.5 Å². The van der Waals surface area contributed by atoms with Crippen LogP contribution < -0.4 is 10.5 Å². The van der Waals surface area contributed by atoms with Crippen LogP contribution in [0.25, 0.3) is 0 Å². The van der Waals surface area contributed by atoms with E-state index in [2.05, 4.69) is 6.92 Å². The minimum atomic E-state index is 0. The van der Waals surface area contributed by atoms with Crippen molar-refractivity contribution in [3.05, 3.63) is 29.8 Å². The number of nitrogen functional groups attached to an aromatic ring is 1. The van der Waals surface area contributed by atoms with Gasteiger partial charge in [-0.2, -0.15) is 0 Å². The summed E-state index contributed by atoms with van der Waals surface area (Å²) in [5, 5.41) is 7.38. The Hall–Kier alpha value is -1.22. The summed E-state index contributed by atoms with van der Waals surface area (Å²) >= 11 is 0. The molecule has 0 aromatic heterocycles. The lowest BCUT2D eigenvalue weighted by atomic mass is 10.2. The van der Waals surface area contributed by atoms with E-state index in [0.717, 1.165) is 6.42 Å². The molecule has 3 nitrogen and oxygen atoms in total. The molecule has 4 heteroatoms. The molecule has 1 aromatic carbocycles. The smallest absolute Gasteiger partial charge is 0.130 e. The van der Waals surface area contributed by atoms with Crippen LogP contribution in [-0.2, 0) is 0 Å². The summed E-state index contributed by atoms with van der Waals surface area (Å²) in [5.74, 6) is 0.734. The molecule has 1 unspecified atom stereocenters. The van der Waals surface area contributed by atoms with Gasteiger partial charge in [0.25, 0.3) is 0 Å². The third kappa shape index (κ3) is 3.80. The van der Waals surface area contributed by atoms with E-state index < -0.39 is 0 Å². The summed E-state index contributed by atoms with van der Waals surface area (Å²) in [7, 11) is 0. The molecule has 0 aliphatic heterocycles. The molecule has 0 heterocycles. The molecule has 3 N–H and O–H groups in total. The maximum atomic E-state index is 7.38. The second-order valence-electron chi connectivity index (χ2n) is 3.25. The molecule has 0 spiro atoms. The fourth-order valence-electron chi connectivity index (χ4n) is 1.09. The Kier molecular flexibility index (Phi) is 5.79. The van der Waals surface area contributed by atoms with Crippen molar-refractivity contribution in [2.24, 2.45) is 5.73 Å². The van der Waals surface area contributed by atoms with Gasteiger partial charge in [-0.1, -0.05) is 19.1 Å². The number of ether oxygens (including phenoxy) is 1. The van der Waals surface area contributed by atoms with Gasteiger partial charge >= 0.3 is 0 Å². The number of nitrogens with two attached hydrogens (primary N) is 1. The standard InChI is InChI=1S/C11H16N2O.ClH/c1-3-8(2)14-10-7-5-4-6-9(10)11(12)13;/h4-8H,3H2,1-2H3,(H3,12,13);1H. The molecule has 1 rings (SSSR count). The molecule has 0 aliphatic carbocycles. The lowest BCUT2D eigenvalue weighted by molar-refractivity contribution is 0.217. The molecule has 0 radical (unpaired) electrons. The van der Waals surface area contributed by atoms with Crippen molar-refractivity contribution in [2.45, 2.75) is 26.4 Å². The highest BCUT2D eigenvalue weighted by molar-refractivity contribution is 5.97. The van der Waals surface area contributed by atoms with E-state index in [1.165, 1.54) is 0 Å². The highest BCUT2D eigenvalue weighted by Gasteiger charge is 2.07. The largest absolute Gasteiger partial charge is 0.490 e. The normalized spacial score (nSPS) is 11.3. The van der Waals surface area contributed by atoms with Gasteiger partial charge in [0.05, 0.1) is 11.7 Å². The van der Waals surface area contributed by atoms with Gasteiger partial charge < -0.3 is 10.5 Å². The number of hydrogen-bond acceptors (Lipinski definition) is 2. The first-order chi connectivity index (χ1) is 6.65. The first kappa shape index (κ1) is 13.8. The molecule has 0 aliphatic rings.